The summed E-state index contributed by atoms with van der Waals surface area (Å²) in [7, 11) is -3.70. The van der Waals surface area contributed by atoms with Gasteiger partial charge in [0.05, 0.1) is 27.0 Å². The lowest BCUT2D eigenvalue weighted by atomic mass is 10.1. The number of amides is 2. The zero-order valence-corrected chi connectivity index (χ0v) is 23.4. The Hall–Kier alpha value is -1.71. The maximum Gasteiger partial charge on any atom is 0.242 e. The molecule has 2 amide bonds. The number of nitrogens with zero attached hydrogens (tertiary/aromatic N) is 2. The van der Waals surface area contributed by atoms with Crippen molar-refractivity contribution in [1.29, 1.82) is 0 Å². The number of anilines is 1. The number of sulfonamides is 1. The van der Waals surface area contributed by atoms with Gasteiger partial charge in [0.25, 0.3) is 0 Å². The maximum absolute atomic E-state index is 13.2. The highest BCUT2D eigenvalue weighted by Gasteiger charge is 2.27. The molecule has 2 rings (SSSR count). The average Bonchev–Trinajstić information content (AvgIpc) is 2.78. The second kappa shape index (κ2) is 13.0. The van der Waals surface area contributed by atoms with Gasteiger partial charge in [-0.2, -0.15) is 0 Å². The largest absolute Gasteiger partial charge is 0.355 e. The Morgan fingerprint density at radius 3 is 2.26 bits per heavy atom. The molecule has 0 bridgehead atoms. The van der Waals surface area contributed by atoms with E-state index in [9.17, 15) is 18.0 Å². The third-order valence-electron chi connectivity index (χ3n) is 5.18. The van der Waals surface area contributed by atoms with Crippen LogP contribution in [0, 0.1) is 0 Å². The molecule has 0 radical (unpaired) electrons. The molecule has 1 N–H and O–H groups in total. The van der Waals surface area contributed by atoms with Gasteiger partial charge >= 0.3 is 0 Å². The van der Waals surface area contributed by atoms with Gasteiger partial charge in [-0.3, -0.25) is 13.9 Å². The summed E-state index contributed by atoms with van der Waals surface area (Å²) >= 11 is 24.3. The minimum atomic E-state index is -3.70. The van der Waals surface area contributed by atoms with Crippen LogP contribution in [0.25, 0.3) is 0 Å². The van der Waals surface area contributed by atoms with Crippen LogP contribution in [0.1, 0.15) is 32.3 Å². The van der Waals surface area contributed by atoms with E-state index in [1.807, 2.05) is 0 Å². The Morgan fingerprint density at radius 2 is 1.66 bits per heavy atom. The molecule has 192 valence electrons. The number of hydrogen-bond donors (Lipinski definition) is 1. The number of nitrogens with one attached hydrogen (secondary N) is 1. The molecule has 0 spiro atoms. The van der Waals surface area contributed by atoms with Crippen molar-refractivity contribution in [3.63, 3.8) is 0 Å². The summed E-state index contributed by atoms with van der Waals surface area (Å²) in [6.45, 7) is 3.97. The van der Waals surface area contributed by atoms with Crippen LogP contribution in [0.3, 0.4) is 0 Å². The van der Waals surface area contributed by atoms with E-state index >= 15 is 0 Å². The van der Waals surface area contributed by atoms with E-state index in [4.69, 9.17) is 46.4 Å². The third-order valence-corrected chi connectivity index (χ3v) is 7.66. The number of rotatable bonds is 11. The van der Waals surface area contributed by atoms with E-state index < -0.39 is 16.1 Å². The van der Waals surface area contributed by atoms with Gasteiger partial charge in [0.15, 0.2) is 0 Å². The lowest BCUT2D eigenvalue weighted by molar-refractivity contribution is -0.140. The van der Waals surface area contributed by atoms with E-state index in [1.54, 1.807) is 38.1 Å². The fourth-order valence-electron chi connectivity index (χ4n) is 3.40. The zero-order valence-electron chi connectivity index (χ0n) is 19.5. The summed E-state index contributed by atoms with van der Waals surface area (Å²) in [6, 6.07) is 8.76. The summed E-state index contributed by atoms with van der Waals surface area (Å²) in [6.07, 6.45) is 1.24. The minimum Gasteiger partial charge on any atom is -0.355 e. The van der Waals surface area contributed by atoms with Crippen LogP contribution < -0.4 is 9.62 Å². The first-order valence-electron chi connectivity index (χ1n) is 10.8. The van der Waals surface area contributed by atoms with Gasteiger partial charge in [0, 0.05) is 31.1 Å². The van der Waals surface area contributed by atoms with Gasteiger partial charge in [0.2, 0.25) is 21.8 Å². The predicted molar refractivity (Wildman–Crippen MR) is 143 cm³/mol. The fourth-order valence-corrected chi connectivity index (χ4v) is 5.12. The summed E-state index contributed by atoms with van der Waals surface area (Å²) in [5.41, 5.74) is 0.935. The first-order valence-corrected chi connectivity index (χ1v) is 14.1. The van der Waals surface area contributed by atoms with Crippen LogP contribution in [0.15, 0.2) is 36.4 Å². The highest BCUT2D eigenvalue weighted by Crippen LogP contribution is 2.31. The Bertz CT molecular complexity index is 1180. The molecule has 0 aliphatic heterocycles. The molecule has 2 aromatic rings. The molecule has 0 saturated heterocycles. The number of carbonyl (C=O) groups is 2. The van der Waals surface area contributed by atoms with E-state index in [1.165, 1.54) is 17.0 Å². The minimum absolute atomic E-state index is 0.000780. The zero-order chi connectivity index (χ0) is 26.3. The molecule has 2 aromatic carbocycles. The molecular weight excluding hydrogens is 556 g/mol. The van der Waals surface area contributed by atoms with Crippen molar-refractivity contribution in [2.24, 2.45) is 0 Å². The van der Waals surface area contributed by atoms with Gasteiger partial charge in [-0.1, -0.05) is 52.5 Å². The van der Waals surface area contributed by atoms with Crippen molar-refractivity contribution in [1.82, 2.24) is 10.2 Å². The van der Waals surface area contributed by atoms with Gasteiger partial charge in [0.1, 0.15) is 6.04 Å². The number of likely N-dealkylation sites (N-methyl/N-ethyl adjacent to an activating group) is 1. The lowest BCUT2D eigenvalue weighted by Gasteiger charge is -2.29. The van der Waals surface area contributed by atoms with Crippen molar-refractivity contribution in [2.45, 2.75) is 39.3 Å². The summed E-state index contributed by atoms with van der Waals surface area (Å²) < 4.78 is 26.0. The molecule has 0 heterocycles. The summed E-state index contributed by atoms with van der Waals surface area (Å²) in [5, 5.41) is 3.99. The average molecular weight is 583 g/mol. The van der Waals surface area contributed by atoms with Crippen molar-refractivity contribution in [3.8, 4) is 0 Å². The number of halogens is 4. The number of benzene rings is 2. The van der Waals surface area contributed by atoms with Crippen LogP contribution in [0.2, 0.25) is 20.1 Å². The monoisotopic (exact) mass is 581 g/mol. The second-order valence-electron chi connectivity index (χ2n) is 7.88. The molecule has 35 heavy (non-hydrogen) atoms. The van der Waals surface area contributed by atoms with Crippen LogP contribution in [0.4, 0.5) is 5.69 Å². The molecule has 0 saturated carbocycles. The molecule has 0 fully saturated rings. The van der Waals surface area contributed by atoms with E-state index in [2.05, 4.69) is 5.32 Å². The lowest BCUT2D eigenvalue weighted by Crippen LogP contribution is -2.47. The quantitative estimate of drug-likeness (QED) is 0.384. The van der Waals surface area contributed by atoms with Crippen molar-refractivity contribution < 1.29 is 18.0 Å². The number of carbonyl (C=O) groups excluding carboxylic acids is 2. The van der Waals surface area contributed by atoms with Crippen LogP contribution in [-0.2, 0) is 26.2 Å². The smallest absolute Gasteiger partial charge is 0.242 e. The molecule has 1 atom stereocenters. The maximum atomic E-state index is 13.2. The van der Waals surface area contributed by atoms with Crippen molar-refractivity contribution in [2.75, 3.05) is 23.7 Å². The van der Waals surface area contributed by atoms with Crippen molar-refractivity contribution >= 4 is 73.9 Å². The normalized spacial score (nSPS) is 12.2. The highest BCUT2D eigenvalue weighted by molar-refractivity contribution is 7.92. The van der Waals surface area contributed by atoms with E-state index in [0.717, 1.165) is 10.6 Å². The summed E-state index contributed by atoms with van der Waals surface area (Å²) in [4.78, 5) is 27.1. The standard InChI is InChI=1S/C23H27Cl4N3O4S/c1-4-28-23(32)15(2)29(14-16-7-9-18(25)20(27)12-16)22(31)6-5-11-30(35(3,33)34)21-13-17(24)8-10-19(21)26/h7-10,12-13,15H,4-6,11,14H2,1-3H3,(H,28,32)/t15-/m1/s1. The fraction of sp³-hybridized carbons (Fsp3) is 0.391. The Morgan fingerprint density at radius 1 is 1.00 bits per heavy atom. The first-order chi connectivity index (χ1) is 16.3. The molecule has 0 unspecified atom stereocenters. The van der Waals surface area contributed by atoms with Gasteiger partial charge in [-0.25, -0.2) is 8.42 Å². The molecule has 12 heteroatoms. The van der Waals surface area contributed by atoms with Crippen LogP contribution in [-0.4, -0.2) is 50.5 Å². The predicted octanol–water partition coefficient (Wildman–Crippen LogP) is 5.40. The molecular formula is C23H27Cl4N3O4S. The van der Waals surface area contributed by atoms with Crippen molar-refractivity contribution in [3.05, 3.63) is 62.1 Å². The Balaban J connectivity index is 2.21. The Labute approximate surface area is 226 Å². The second-order valence-corrected chi connectivity index (χ2v) is 11.4. The summed E-state index contributed by atoms with van der Waals surface area (Å²) in [5.74, 6) is -0.621. The molecule has 0 aliphatic rings. The van der Waals surface area contributed by atoms with E-state index in [-0.39, 0.29) is 48.5 Å². The molecule has 0 aliphatic carbocycles. The molecule has 0 aromatic heterocycles. The third kappa shape index (κ3) is 8.43. The van der Waals surface area contributed by atoms with Gasteiger partial charge < -0.3 is 10.2 Å². The first kappa shape index (κ1) is 29.5. The van der Waals surface area contributed by atoms with Gasteiger partial charge in [-0.15, -0.1) is 0 Å². The van der Waals surface area contributed by atoms with Crippen LogP contribution in [0.5, 0.6) is 0 Å². The van der Waals surface area contributed by atoms with Gasteiger partial charge in [-0.05, 0) is 56.2 Å². The number of hydrogen-bond acceptors (Lipinski definition) is 4. The topological polar surface area (TPSA) is 86.8 Å². The van der Waals surface area contributed by atoms with E-state index in [0.29, 0.717) is 27.2 Å². The Kier molecular flexibility index (Phi) is 11.0. The molecule has 7 nitrogen and oxygen atoms in total. The van der Waals surface area contributed by atoms with Crippen LogP contribution >= 0.6 is 46.4 Å². The SMILES string of the molecule is CCNC(=O)[C@@H](C)N(Cc1ccc(Cl)c(Cl)c1)C(=O)CCCN(c1cc(Cl)ccc1Cl)S(C)(=O)=O. The highest BCUT2D eigenvalue weighted by atomic mass is 35.5.